The summed E-state index contributed by atoms with van der Waals surface area (Å²) in [7, 11) is 1.74. The highest BCUT2D eigenvalue weighted by Gasteiger charge is 2.30. The summed E-state index contributed by atoms with van der Waals surface area (Å²) in [6, 6.07) is 17.5. The molecule has 0 bridgehead atoms. The molecule has 3 heterocycles. The van der Waals surface area contributed by atoms with Gasteiger partial charge in [0.1, 0.15) is 11.6 Å². The van der Waals surface area contributed by atoms with Crippen molar-refractivity contribution in [2.75, 3.05) is 35.3 Å². The van der Waals surface area contributed by atoms with Gasteiger partial charge in [0.05, 0.1) is 24.3 Å². The largest absolute Gasteiger partial charge is 0.493 e. The van der Waals surface area contributed by atoms with Crippen molar-refractivity contribution in [1.29, 1.82) is 0 Å². The van der Waals surface area contributed by atoms with Crippen molar-refractivity contribution in [3.8, 4) is 5.75 Å². The van der Waals surface area contributed by atoms with Crippen molar-refractivity contribution in [3.63, 3.8) is 0 Å². The lowest BCUT2D eigenvalue weighted by molar-refractivity contribution is -0.136. The van der Waals surface area contributed by atoms with E-state index >= 15 is 0 Å². The Labute approximate surface area is 243 Å². The fourth-order valence-electron chi connectivity index (χ4n) is 4.93. The van der Waals surface area contributed by atoms with Gasteiger partial charge in [0.15, 0.2) is 5.82 Å². The lowest BCUT2D eigenvalue weighted by atomic mass is 10.1. The Hall–Kier alpha value is -5.25. The number of amides is 2. The number of carbonyl (C=O) groups is 3. The van der Waals surface area contributed by atoms with E-state index in [4.69, 9.17) is 9.84 Å². The minimum absolute atomic E-state index is 0.118. The van der Waals surface area contributed by atoms with Crippen molar-refractivity contribution in [2.24, 2.45) is 0 Å². The number of aromatic nitrogens is 2. The second kappa shape index (κ2) is 12.1. The number of fused-ring (bicyclic) bond motifs is 2. The monoisotopic (exact) mass is 565 g/mol. The molecule has 2 aromatic carbocycles. The van der Waals surface area contributed by atoms with Crippen LogP contribution in [0.3, 0.4) is 0 Å². The molecule has 0 aliphatic carbocycles. The predicted octanol–water partition coefficient (Wildman–Crippen LogP) is 5.03. The Kier molecular flexibility index (Phi) is 8.14. The molecule has 0 saturated heterocycles. The number of rotatable bonds is 9. The molecule has 5 rings (SSSR count). The number of nitrogens with one attached hydrogen (secondary N) is 1. The van der Waals surface area contributed by atoms with Crippen molar-refractivity contribution in [3.05, 3.63) is 101 Å². The Balaban J connectivity index is 1.24. The smallest absolute Gasteiger partial charge is 0.307 e. The predicted molar refractivity (Wildman–Crippen MR) is 160 cm³/mol. The summed E-state index contributed by atoms with van der Waals surface area (Å²) in [4.78, 5) is 49.9. The topological polar surface area (TPSA) is 125 Å². The molecule has 2 amide bonds. The number of aliphatic carboxylic acids is 1. The molecule has 1 aliphatic rings. The van der Waals surface area contributed by atoms with Crippen LogP contribution in [0.15, 0.2) is 73.1 Å². The molecule has 2 aromatic heterocycles. The zero-order valence-electron chi connectivity index (χ0n) is 23.6. The summed E-state index contributed by atoms with van der Waals surface area (Å²) in [6.45, 7) is 4.83. The van der Waals surface area contributed by atoms with Gasteiger partial charge in [-0.1, -0.05) is 12.1 Å². The van der Waals surface area contributed by atoms with Crippen molar-refractivity contribution in [1.82, 2.24) is 9.97 Å². The second-order valence-electron chi connectivity index (χ2n) is 9.97. The number of ether oxygens (including phenoxy) is 1. The Bertz CT molecular complexity index is 1670. The molecule has 42 heavy (non-hydrogen) atoms. The van der Waals surface area contributed by atoms with Gasteiger partial charge in [0.2, 0.25) is 0 Å². The summed E-state index contributed by atoms with van der Waals surface area (Å²) in [5.74, 6) is 0.528. The van der Waals surface area contributed by atoms with Crippen LogP contribution in [-0.2, 0) is 17.6 Å². The van der Waals surface area contributed by atoms with Crippen molar-refractivity contribution >= 4 is 40.8 Å². The van der Waals surface area contributed by atoms with Crippen LogP contribution >= 0.6 is 0 Å². The molecule has 0 atom stereocenters. The summed E-state index contributed by atoms with van der Waals surface area (Å²) < 4.78 is 6.03. The third-order valence-corrected chi connectivity index (χ3v) is 7.04. The van der Waals surface area contributed by atoms with Crippen LogP contribution < -0.4 is 19.9 Å². The van der Waals surface area contributed by atoms with Gasteiger partial charge >= 0.3 is 5.97 Å². The number of benzene rings is 2. The van der Waals surface area contributed by atoms with Crippen molar-refractivity contribution < 1.29 is 24.2 Å². The average Bonchev–Trinajstić information content (AvgIpc) is 3.06. The SMILES string of the molecule is CCN1c2ncc(CCOc3ccc(C(=O)Nc4cccc(CC(=O)O)c4)cc3C)cc2C(=O)N(C)c2cccnc21. The van der Waals surface area contributed by atoms with E-state index in [0.717, 1.165) is 16.8 Å². The highest BCUT2D eigenvalue weighted by atomic mass is 16.5. The van der Waals surface area contributed by atoms with Gasteiger partial charge in [-0.05, 0) is 79.1 Å². The first-order valence-electron chi connectivity index (χ1n) is 13.6. The number of nitrogens with zero attached hydrogens (tertiary/aromatic N) is 4. The highest BCUT2D eigenvalue weighted by molar-refractivity contribution is 6.12. The van der Waals surface area contributed by atoms with Crippen LogP contribution in [0.1, 0.15) is 44.3 Å². The van der Waals surface area contributed by atoms with Gasteiger partial charge in [0.25, 0.3) is 11.8 Å². The van der Waals surface area contributed by atoms with Gasteiger partial charge in [-0.15, -0.1) is 0 Å². The number of anilines is 4. The van der Waals surface area contributed by atoms with Crippen LogP contribution in [0.5, 0.6) is 5.75 Å². The highest BCUT2D eigenvalue weighted by Crippen LogP contribution is 2.37. The number of aryl methyl sites for hydroxylation is 1. The summed E-state index contributed by atoms with van der Waals surface area (Å²) in [6.07, 6.45) is 3.88. The van der Waals surface area contributed by atoms with Gasteiger partial charge in [-0.25, -0.2) is 9.97 Å². The molecule has 1 aliphatic heterocycles. The summed E-state index contributed by atoms with van der Waals surface area (Å²) in [5.41, 5.74) is 4.48. The van der Waals surface area contributed by atoms with Gasteiger partial charge < -0.3 is 25.0 Å². The molecule has 2 N–H and O–H groups in total. The van der Waals surface area contributed by atoms with E-state index in [1.54, 1.807) is 66.8 Å². The number of carboxylic acid groups (broad SMARTS) is 1. The van der Waals surface area contributed by atoms with E-state index in [0.29, 0.717) is 59.3 Å². The number of carbonyl (C=O) groups excluding carboxylic acids is 2. The maximum absolute atomic E-state index is 13.4. The molecule has 4 aromatic rings. The van der Waals surface area contributed by atoms with Crippen LogP contribution in [0.25, 0.3) is 0 Å². The van der Waals surface area contributed by atoms with E-state index in [1.165, 1.54) is 0 Å². The van der Waals surface area contributed by atoms with Gasteiger partial charge in [0, 0.05) is 43.7 Å². The normalized spacial score (nSPS) is 12.3. The second-order valence-corrected chi connectivity index (χ2v) is 9.97. The molecule has 0 saturated carbocycles. The lowest BCUT2D eigenvalue weighted by Gasteiger charge is -2.22. The fraction of sp³-hybridized carbons (Fsp3) is 0.219. The molecule has 0 fully saturated rings. The standard InChI is InChI=1S/C32H31N5O5/c1-4-37-29-25(32(41)36(3)26-9-6-13-33-30(26)37)17-22(19-34-29)12-14-42-27-11-10-23(15-20(27)2)31(40)35-24-8-5-7-21(16-24)18-28(38)39/h5-11,13,15-17,19H,4,12,14,18H2,1-3H3,(H,35,40)(H,38,39). The Morgan fingerprint density at radius 3 is 2.60 bits per heavy atom. The minimum atomic E-state index is -0.934. The molecule has 0 unspecified atom stereocenters. The van der Waals surface area contributed by atoms with Gasteiger partial charge in [-0.3, -0.25) is 14.4 Å². The molecule has 10 nitrogen and oxygen atoms in total. The van der Waals surface area contributed by atoms with Crippen LogP contribution in [0.4, 0.5) is 23.0 Å². The average molecular weight is 566 g/mol. The lowest BCUT2D eigenvalue weighted by Crippen LogP contribution is -2.25. The number of pyridine rings is 2. The first kappa shape index (κ1) is 28.3. The summed E-state index contributed by atoms with van der Waals surface area (Å²) >= 11 is 0. The van der Waals surface area contributed by atoms with Gasteiger partial charge in [-0.2, -0.15) is 0 Å². The van der Waals surface area contributed by atoms with E-state index in [1.807, 2.05) is 36.9 Å². The zero-order valence-corrected chi connectivity index (χ0v) is 23.6. The Morgan fingerprint density at radius 1 is 1.00 bits per heavy atom. The third-order valence-electron chi connectivity index (χ3n) is 7.04. The maximum atomic E-state index is 13.4. The number of carboxylic acids is 1. The van der Waals surface area contributed by atoms with Crippen LogP contribution in [0, 0.1) is 6.92 Å². The molecule has 0 spiro atoms. The van der Waals surface area contributed by atoms with Crippen LogP contribution in [0.2, 0.25) is 0 Å². The van der Waals surface area contributed by atoms with E-state index in [2.05, 4.69) is 15.3 Å². The number of hydrogen-bond donors (Lipinski definition) is 2. The quantitative estimate of drug-likeness (QED) is 0.289. The first-order chi connectivity index (χ1) is 20.2. The molecule has 0 radical (unpaired) electrons. The third kappa shape index (κ3) is 5.92. The Morgan fingerprint density at radius 2 is 1.83 bits per heavy atom. The fourth-order valence-corrected chi connectivity index (χ4v) is 4.93. The maximum Gasteiger partial charge on any atom is 0.307 e. The van der Waals surface area contributed by atoms with Crippen molar-refractivity contribution in [2.45, 2.75) is 26.7 Å². The minimum Gasteiger partial charge on any atom is -0.493 e. The summed E-state index contributed by atoms with van der Waals surface area (Å²) in [5, 5.41) is 11.8. The molecule has 214 valence electrons. The first-order valence-corrected chi connectivity index (χ1v) is 13.6. The van der Waals surface area contributed by atoms with E-state index in [-0.39, 0.29) is 18.2 Å². The van der Waals surface area contributed by atoms with E-state index < -0.39 is 5.97 Å². The molecular formula is C32H31N5O5. The zero-order chi connectivity index (χ0) is 29.8. The molecular weight excluding hydrogens is 534 g/mol. The number of hydrogen-bond acceptors (Lipinski definition) is 7. The van der Waals surface area contributed by atoms with E-state index in [9.17, 15) is 14.4 Å². The molecule has 10 heteroatoms. The van der Waals surface area contributed by atoms with Crippen LogP contribution in [-0.4, -0.2) is 53.1 Å².